The van der Waals surface area contributed by atoms with Gasteiger partial charge in [0.15, 0.2) is 12.4 Å². The molecule has 1 aliphatic rings. The lowest BCUT2D eigenvalue weighted by Crippen LogP contribution is -2.28. The van der Waals surface area contributed by atoms with Crippen LogP contribution in [0, 0.1) is 12.8 Å². The van der Waals surface area contributed by atoms with Crippen molar-refractivity contribution in [2.24, 2.45) is 5.92 Å². The molecular formula is C22H22N2O5. The summed E-state index contributed by atoms with van der Waals surface area (Å²) in [6, 6.07) is 14.0. The minimum absolute atomic E-state index is 0.0506. The molecule has 1 heterocycles. The van der Waals surface area contributed by atoms with E-state index in [9.17, 15) is 19.2 Å². The first kappa shape index (κ1) is 20.3. The molecule has 1 aliphatic heterocycles. The zero-order chi connectivity index (χ0) is 21.0. The number of rotatable bonds is 6. The molecule has 7 nitrogen and oxygen atoms in total. The molecule has 0 spiro atoms. The number of carbonyl (C=O) groups is 4. The zero-order valence-electron chi connectivity index (χ0n) is 16.3. The molecule has 0 aliphatic carbocycles. The Labute approximate surface area is 168 Å². The molecule has 150 valence electrons. The van der Waals surface area contributed by atoms with E-state index in [2.05, 4.69) is 5.32 Å². The summed E-state index contributed by atoms with van der Waals surface area (Å²) in [5, 5.41) is 2.59. The smallest absolute Gasteiger partial charge is 0.311 e. The highest BCUT2D eigenvalue weighted by Gasteiger charge is 2.36. The Balaban J connectivity index is 1.52. The van der Waals surface area contributed by atoms with Gasteiger partial charge in [0, 0.05) is 29.9 Å². The van der Waals surface area contributed by atoms with Gasteiger partial charge in [-0.25, -0.2) is 0 Å². The van der Waals surface area contributed by atoms with Crippen molar-refractivity contribution >= 4 is 34.9 Å². The van der Waals surface area contributed by atoms with Crippen LogP contribution in [-0.4, -0.2) is 36.7 Å². The summed E-state index contributed by atoms with van der Waals surface area (Å²) in [5.41, 5.74) is 2.73. The van der Waals surface area contributed by atoms with E-state index < -0.39 is 24.4 Å². The SMILES string of the molecule is CC(=O)c1cccc(NC(=O)COC(=O)[C@H]2CC(=O)N(c3ccc(C)cc3)C2)c1. The Morgan fingerprint density at radius 2 is 1.86 bits per heavy atom. The van der Waals surface area contributed by atoms with Crippen LogP contribution in [0.1, 0.15) is 29.3 Å². The first-order valence-corrected chi connectivity index (χ1v) is 9.28. The van der Waals surface area contributed by atoms with Crippen LogP contribution in [0.25, 0.3) is 0 Å². The van der Waals surface area contributed by atoms with Crippen molar-refractivity contribution in [3.05, 3.63) is 59.7 Å². The summed E-state index contributed by atoms with van der Waals surface area (Å²) < 4.78 is 5.09. The number of anilines is 2. The second-order valence-corrected chi connectivity index (χ2v) is 7.03. The number of esters is 1. The number of carbonyl (C=O) groups excluding carboxylic acids is 4. The number of benzene rings is 2. The second-order valence-electron chi connectivity index (χ2n) is 7.03. The normalized spacial score (nSPS) is 15.9. The van der Waals surface area contributed by atoms with E-state index in [1.165, 1.54) is 6.92 Å². The van der Waals surface area contributed by atoms with E-state index in [-0.39, 0.29) is 24.7 Å². The molecular weight excluding hydrogens is 372 g/mol. The van der Waals surface area contributed by atoms with Crippen LogP contribution < -0.4 is 10.2 Å². The Hall–Kier alpha value is -3.48. The van der Waals surface area contributed by atoms with Crippen LogP contribution in [0.2, 0.25) is 0 Å². The van der Waals surface area contributed by atoms with Crippen LogP contribution in [0.3, 0.4) is 0 Å². The predicted octanol–water partition coefficient (Wildman–Crippen LogP) is 2.73. The third-order valence-electron chi connectivity index (χ3n) is 4.70. The average Bonchev–Trinajstić information content (AvgIpc) is 3.08. The molecule has 2 aromatic carbocycles. The van der Waals surface area contributed by atoms with E-state index in [1.807, 2.05) is 31.2 Å². The average molecular weight is 394 g/mol. The molecule has 0 saturated carbocycles. The summed E-state index contributed by atoms with van der Waals surface area (Å²) in [6.45, 7) is 3.16. The van der Waals surface area contributed by atoms with Gasteiger partial charge in [-0.15, -0.1) is 0 Å². The topological polar surface area (TPSA) is 92.8 Å². The standard InChI is InChI=1S/C22H22N2O5/c1-14-6-8-19(9-7-14)24-12-17(11-21(24)27)22(28)29-13-20(26)23-18-5-3-4-16(10-18)15(2)25/h3-10,17H,11-13H2,1-2H3,(H,23,26)/t17-/m0/s1. The summed E-state index contributed by atoms with van der Waals surface area (Å²) in [7, 11) is 0. The highest BCUT2D eigenvalue weighted by atomic mass is 16.5. The fraction of sp³-hybridized carbons (Fsp3) is 0.273. The van der Waals surface area contributed by atoms with Gasteiger partial charge in [-0.1, -0.05) is 29.8 Å². The Bertz CT molecular complexity index is 952. The number of ketones is 1. The number of hydrogen-bond donors (Lipinski definition) is 1. The summed E-state index contributed by atoms with van der Waals surface area (Å²) >= 11 is 0. The molecule has 1 N–H and O–H groups in total. The van der Waals surface area contributed by atoms with Crippen LogP contribution in [0.15, 0.2) is 48.5 Å². The minimum atomic E-state index is -0.613. The lowest BCUT2D eigenvalue weighted by Gasteiger charge is -2.16. The largest absolute Gasteiger partial charge is 0.455 e. The van der Waals surface area contributed by atoms with Crippen molar-refractivity contribution in [2.45, 2.75) is 20.3 Å². The summed E-state index contributed by atoms with van der Waals surface area (Å²) in [4.78, 5) is 49.6. The molecule has 0 aromatic heterocycles. The van der Waals surface area contributed by atoms with Crippen molar-refractivity contribution in [2.75, 3.05) is 23.4 Å². The van der Waals surface area contributed by atoms with Crippen LogP contribution >= 0.6 is 0 Å². The van der Waals surface area contributed by atoms with Gasteiger partial charge in [0.2, 0.25) is 5.91 Å². The molecule has 3 rings (SSSR count). The van der Waals surface area contributed by atoms with E-state index in [1.54, 1.807) is 29.2 Å². The van der Waals surface area contributed by atoms with E-state index >= 15 is 0 Å². The lowest BCUT2D eigenvalue weighted by molar-refractivity contribution is -0.151. The number of Topliss-reactive ketones (excluding diaryl/α,β-unsaturated/α-hetero) is 1. The molecule has 1 atom stereocenters. The third-order valence-corrected chi connectivity index (χ3v) is 4.70. The fourth-order valence-corrected chi connectivity index (χ4v) is 3.11. The quantitative estimate of drug-likeness (QED) is 0.601. The molecule has 1 saturated heterocycles. The Morgan fingerprint density at radius 1 is 1.14 bits per heavy atom. The van der Waals surface area contributed by atoms with Gasteiger partial charge in [-0.05, 0) is 38.1 Å². The van der Waals surface area contributed by atoms with Gasteiger partial charge in [0.05, 0.1) is 5.92 Å². The molecule has 0 unspecified atom stereocenters. The van der Waals surface area contributed by atoms with Gasteiger partial charge < -0.3 is 15.0 Å². The van der Waals surface area contributed by atoms with Crippen molar-refractivity contribution < 1.29 is 23.9 Å². The third kappa shape index (κ3) is 5.07. The molecule has 29 heavy (non-hydrogen) atoms. The number of nitrogens with zero attached hydrogens (tertiary/aromatic N) is 1. The van der Waals surface area contributed by atoms with Crippen LogP contribution in [-0.2, 0) is 19.1 Å². The molecule has 0 bridgehead atoms. The van der Waals surface area contributed by atoms with Gasteiger partial charge in [0.25, 0.3) is 5.91 Å². The number of nitrogens with one attached hydrogen (secondary N) is 1. The monoisotopic (exact) mass is 394 g/mol. The maximum absolute atomic E-state index is 12.3. The number of hydrogen-bond acceptors (Lipinski definition) is 5. The van der Waals surface area contributed by atoms with Gasteiger partial charge in [-0.2, -0.15) is 0 Å². The van der Waals surface area contributed by atoms with Gasteiger partial charge >= 0.3 is 5.97 Å². The zero-order valence-corrected chi connectivity index (χ0v) is 16.3. The highest BCUT2D eigenvalue weighted by molar-refractivity contribution is 6.00. The second kappa shape index (κ2) is 8.68. The summed E-state index contributed by atoms with van der Waals surface area (Å²) in [6.07, 6.45) is 0.0506. The van der Waals surface area contributed by atoms with E-state index in [0.29, 0.717) is 11.3 Å². The molecule has 7 heteroatoms. The van der Waals surface area contributed by atoms with E-state index in [4.69, 9.17) is 4.74 Å². The molecule has 2 amide bonds. The van der Waals surface area contributed by atoms with Gasteiger partial charge in [0.1, 0.15) is 0 Å². The predicted molar refractivity (Wildman–Crippen MR) is 108 cm³/mol. The van der Waals surface area contributed by atoms with Crippen molar-refractivity contribution in [1.82, 2.24) is 0 Å². The lowest BCUT2D eigenvalue weighted by atomic mass is 10.1. The van der Waals surface area contributed by atoms with Crippen molar-refractivity contribution in [3.63, 3.8) is 0 Å². The number of amides is 2. The van der Waals surface area contributed by atoms with Crippen LogP contribution in [0.5, 0.6) is 0 Å². The van der Waals surface area contributed by atoms with E-state index in [0.717, 1.165) is 11.3 Å². The van der Waals surface area contributed by atoms with Gasteiger partial charge in [-0.3, -0.25) is 19.2 Å². The first-order valence-electron chi connectivity index (χ1n) is 9.28. The Kier molecular flexibility index (Phi) is 6.07. The molecule has 0 radical (unpaired) electrons. The summed E-state index contributed by atoms with van der Waals surface area (Å²) in [5.74, 6) is -1.98. The Morgan fingerprint density at radius 3 is 2.55 bits per heavy atom. The first-order chi connectivity index (χ1) is 13.8. The minimum Gasteiger partial charge on any atom is -0.455 e. The maximum Gasteiger partial charge on any atom is 0.311 e. The fourth-order valence-electron chi connectivity index (χ4n) is 3.11. The maximum atomic E-state index is 12.3. The van der Waals surface area contributed by atoms with Crippen molar-refractivity contribution in [1.29, 1.82) is 0 Å². The molecule has 1 fully saturated rings. The number of aryl methyl sites for hydroxylation is 1. The highest BCUT2D eigenvalue weighted by Crippen LogP contribution is 2.26. The van der Waals surface area contributed by atoms with Crippen LogP contribution in [0.4, 0.5) is 11.4 Å². The van der Waals surface area contributed by atoms with Crippen molar-refractivity contribution in [3.8, 4) is 0 Å². The molecule has 2 aromatic rings. The number of ether oxygens (including phenoxy) is 1.